The first-order valence-corrected chi connectivity index (χ1v) is 10.2. The van der Waals surface area contributed by atoms with Crippen molar-refractivity contribution in [2.24, 2.45) is 0 Å². The lowest BCUT2D eigenvalue weighted by Gasteiger charge is -2.31. The second kappa shape index (κ2) is 11.9. The monoisotopic (exact) mass is 371 g/mol. The topological polar surface area (TPSA) is 27.3 Å². The van der Waals surface area contributed by atoms with Gasteiger partial charge in [0.2, 0.25) is 0 Å². The molecular weight excluding hydrogens is 337 g/mol. The summed E-state index contributed by atoms with van der Waals surface area (Å²) < 4.78 is 13.2. The van der Waals surface area contributed by atoms with Crippen LogP contribution < -0.4 is 10.6 Å². The van der Waals surface area contributed by atoms with Crippen molar-refractivity contribution in [3.05, 3.63) is 71.5 Å². The Morgan fingerprint density at radius 3 is 2.15 bits per heavy atom. The van der Waals surface area contributed by atoms with Crippen molar-refractivity contribution in [2.75, 3.05) is 26.2 Å². The first-order valence-electron chi connectivity index (χ1n) is 10.2. The van der Waals surface area contributed by atoms with Crippen molar-refractivity contribution < 1.29 is 4.39 Å². The van der Waals surface area contributed by atoms with Crippen LogP contribution in [0.3, 0.4) is 0 Å². The molecule has 0 spiro atoms. The predicted molar refractivity (Wildman–Crippen MR) is 112 cm³/mol. The average Bonchev–Trinajstić information content (AvgIpc) is 2.71. The summed E-state index contributed by atoms with van der Waals surface area (Å²) in [7, 11) is 0. The van der Waals surface area contributed by atoms with E-state index in [1.165, 1.54) is 17.7 Å². The van der Waals surface area contributed by atoms with Crippen LogP contribution >= 0.6 is 0 Å². The predicted octanol–water partition coefficient (Wildman–Crippen LogP) is 4.37. The summed E-state index contributed by atoms with van der Waals surface area (Å²) in [6.07, 6.45) is 1.07. The molecule has 0 aliphatic carbocycles. The summed E-state index contributed by atoms with van der Waals surface area (Å²) in [6, 6.07) is 17.9. The lowest BCUT2D eigenvalue weighted by atomic mass is 9.96. The fourth-order valence-corrected chi connectivity index (χ4v) is 3.49. The normalized spacial score (nSPS) is 13.7. The minimum absolute atomic E-state index is 0.192. The Balaban J connectivity index is 2.13. The number of rotatable bonds is 12. The number of nitrogens with one attached hydrogen (secondary N) is 2. The molecule has 4 heteroatoms. The maximum Gasteiger partial charge on any atom is 0.123 e. The standard InChI is InChI=1S/C23H34FN3/c1-4-25-22(16-17-27(5-2)6-3)23(20-10-8-7-9-11-20)26-18-19-12-14-21(24)15-13-19/h7-15,22-23,25-26H,4-6,16-18H2,1-3H3. The zero-order valence-corrected chi connectivity index (χ0v) is 16.9. The molecule has 3 nitrogen and oxygen atoms in total. The van der Waals surface area contributed by atoms with Crippen LogP contribution in [0.15, 0.2) is 54.6 Å². The van der Waals surface area contributed by atoms with E-state index < -0.39 is 0 Å². The Morgan fingerprint density at radius 1 is 0.889 bits per heavy atom. The molecule has 0 aliphatic rings. The average molecular weight is 372 g/mol. The molecule has 0 heterocycles. The van der Waals surface area contributed by atoms with E-state index in [0.29, 0.717) is 12.6 Å². The highest BCUT2D eigenvalue weighted by Gasteiger charge is 2.22. The van der Waals surface area contributed by atoms with Crippen molar-refractivity contribution >= 4 is 0 Å². The fraction of sp³-hybridized carbons (Fsp3) is 0.478. The van der Waals surface area contributed by atoms with Gasteiger partial charge in [0.1, 0.15) is 5.82 Å². The highest BCUT2D eigenvalue weighted by molar-refractivity contribution is 5.22. The molecule has 2 N–H and O–H groups in total. The van der Waals surface area contributed by atoms with Gasteiger partial charge in [-0.05, 0) is 55.9 Å². The van der Waals surface area contributed by atoms with E-state index in [0.717, 1.165) is 38.2 Å². The molecular formula is C23H34FN3. The minimum Gasteiger partial charge on any atom is -0.312 e. The summed E-state index contributed by atoms with van der Waals surface area (Å²) in [4.78, 5) is 2.46. The van der Waals surface area contributed by atoms with Gasteiger partial charge in [-0.1, -0.05) is 63.2 Å². The largest absolute Gasteiger partial charge is 0.312 e. The van der Waals surface area contributed by atoms with Gasteiger partial charge in [0, 0.05) is 18.6 Å². The summed E-state index contributed by atoms with van der Waals surface area (Å²) >= 11 is 0. The number of halogens is 1. The summed E-state index contributed by atoms with van der Waals surface area (Å²) in [5.74, 6) is -0.192. The molecule has 0 amide bonds. The highest BCUT2D eigenvalue weighted by Crippen LogP contribution is 2.20. The Kier molecular flexibility index (Phi) is 9.46. The van der Waals surface area contributed by atoms with Gasteiger partial charge in [-0.15, -0.1) is 0 Å². The van der Waals surface area contributed by atoms with Crippen molar-refractivity contribution in [3.8, 4) is 0 Å². The van der Waals surface area contributed by atoms with Crippen LogP contribution in [-0.4, -0.2) is 37.1 Å². The zero-order chi connectivity index (χ0) is 19.5. The van der Waals surface area contributed by atoms with Crippen LogP contribution in [0.4, 0.5) is 4.39 Å². The number of benzene rings is 2. The van der Waals surface area contributed by atoms with Gasteiger partial charge in [0.25, 0.3) is 0 Å². The molecule has 0 fully saturated rings. The van der Waals surface area contributed by atoms with E-state index in [-0.39, 0.29) is 11.9 Å². The van der Waals surface area contributed by atoms with Gasteiger partial charge in [-0.2, -0.15) is 0 Å². The smallest absolute Gasteiger partial charge is 0.123 e. The van der Waals surface area contributed by atoms with Crippen molar-refractivity contribution in [1.29, 1.82) is 0 Å². The van der Waals surface area contributed by atoms with Crippen molar-refractivity contribution in [2.45, 2.75) is 45.8 Å². The molecule has 0 saturated heterocycles. The molecule has 27 heavy (non-hydrogen) atoms. The molecule has 2 aromatic carbocycles. The molecule has 0 radical (unpaired) electrons. The quantitative estimate of drug-likeness (QED) is 0.580. The van der Waals surface area contributed by atoms with E-state index in [1.807, 2.05) is 12.1 Å². The molecule has 2 aromatic rings. The van der Waals surface area contributed by atoms with Gasteiger partial charge < -0.3 is 15.5 Å². The van der Waals surface area contributed by atoms with Crippen LogP contribution in [0.2, 0.25) is 0 Å². The third-order valence-electron chi connectivity index (χ3n) is 5.12. The van der Waals surface area contributed by atoms with Gasteiger partial charge in [0.05, 0.1) is 0 Å². The van der Waals surface area contributed by atoms with Crippen molar-refractivity contribution in [1.82, 2.24) is 15.5 Å². The molecule has 148 valence electrons. The Morgan fingerprint density at radius 2 is 1.56 bits per heavy atom. The molecule has 0 bridgehead atoms. The van der Waals surface area contributed by atoms with E-state index >= 15 is 0 Å². The van der Waals surface area contributed by atoms with E-state index in [4.69, 9.17) is 0 Å². The SMILES string of the molecule is CCNC(CCN(CC)CC)C(NCc1ccc(F)cc1)c1ccccc1. The maximum absolute atomic E-state index is 13.2. The van der Waals surface area contributed by atoms with E-state index in [1.54, 1.807) is 0 Å². The van der Waals surface area contributed by atoms with Gasteiger partial charge >= 0.3 is 0 Å². The van der Waals surface area contributed by atoms with Gasteiger partial charge in [-0.25, -0.2) is 4.39 Å². The Hall–Kier alpha value is -1.75. The van der Waals surface area contributed by atoms with Gasteiger partial charge in [-0.3, -0.25) is 0 Å². The minimum atomic E-state index is -0.192. The number of likely N-dealkylation sites (N-methyl/N-ethyl adjacent to an activating group) is 1. The fourth-order valence-electron chi connectivity index (χ4n) is 3.49. The second-order valence-electron chi connectivity index (χ2n) is 6.88. The molecule has 2 atom stereocenters. The number of hydrogen-bond donors (Lipinski definition) is 2. The third kappa shape index (κ3) is 7.06. The second-order valence-corrected chi connectivity index (χ2v) is 6.88. The van der Waals surface area contributed by atoms with Crippen molar-refractivity contribution in [3.63, 3.8) is 0 Å². The first kappa shape index (κ1) is 21.5. The first-order chi connectivity index (χ1) is 13.2. The van der Waals surface area contributed by atoms with Gasteiger partial charge in [0.15, 0.2) is 0 Å². The Labute approximate surface area is 164 Å². The lowest BCUT2D eigenvalue weighted by Crippen LogP contribution is -2.43. The van der Waals surface area contributed by atoms with Crippen LogP contribution in [0, 0.1) is 5.82 Å². The molecule has 0 aliphatic heterocycles. The summed E-state index contributed by atoms with van der Waals surface area (Å²) in [6.45, 7) is 11.5. The number of nitrogens with zero attached hydrogens (tertiary/aromatic N) is 1. The molecule has 0 saturated carbocycles. The maximum atomic E-state index is 13.2. The summed E-state index contributed by atoms with van der Waals surface area (Å²) in [5, 5.41) is 7.39. The Bertz CT molecular complexity index is 626. The van der Waals surface area contributed by atoms with E-state index in [2.05, 4.69) is 66.6 Å². The highest BCUT2D eigenvalue weighted by atomic mass is 19.1. The summed E-state index contributed by atoms with van der Waals surface area (Å²) in [5.41, 5.74) is 2.38. The van der Waals surface area contributed by atoms with E-state index in [9.17, 15) is 4.39 Å². The molecule has 0 aromatic heterocycles. The molecule has 2 rings (SSSR count). The van der Waals surface area contributed by atoms with Crippen LogP contribution in [0.5, 0.6) is 0 Å². The lowest BCUT2D eigenvalue weighted by molar-refractivity contribution is 0.261. The van der Waals surface area contributed by atoms with Crippen LogP contribution in [0.25, 0.3) is 0 Å². The third-order valence-corrected chi connectivity index (χ3v) is 5.12. The number of hydrogen-bond acceptors (Lipinski definition) is 3. The van der Waals surface area contributed by atoms with Crippen LogP contribution in [-0.2, 0) is 6.54 Å². The zero-order valence-electron chi connectivity index (χ0n) is 16.9. The van der Waals surface area contributed by atoms with Crippen LogP contribution in [0.1, 0.15) is 44.4 Å². The molecule has 2 unspecified atom stereocenters.